The smallest absolute Gasteiger partial charge is 0.333 e. The Labute approximate surface area is 203 Å². The number of carboxylic acids is 1. The minimum absolute atomic E-state index is 0.114. The number of nitrogens with zero attached hydrogens (tertiary/aromatic N) is 1. The summed E-state index contributed by atoms with van der Waals surface area (Å²) in [5.74, 6) is -0.993. The predicted octanol–water partition coefficient (Wildman–Crippen LogP) is 6.06. The van der Waals surface area contributed by atoms with Gasteiger partial charge in [-0.3, -0.25) is 4.90 Å². The number of rotatable bonds is 14. The zero-order valence-electron chi connectivity index (χ0n) is 20.6. The van der Waals surface area contributed by atoms with E-state index in [2.05, 4.69) is 18.8 Å². The van der Waals surface area contributed by atoms with Gasteiger partial charge in [0.1, 0.15) is 0 Å². The summed E-state index contributed by atoms with van der Waals surface area (Å²) < 4.78 is 5.54. The molecule has 0 fully saturated rings. The highest BCUT2D eigenvalue weighted by atomic mass is 16.5. The fraction of sp³-hybridized carbons (Fsp3) is 0.429. The summed E-state index contributed by atoms with van der Waals surface area (Å²) >= 11 is 0. The Morgan fingerprint density at radius 1 is 1.09 bits per heavy atom. The summed E-state index contributed by atoms with van der Waals surface area (Å²) in [6, 6.07) is 15.4. The molecule has 0 aliphatic heterocycles. The Hall–Kier alpha value is -3.12. The van der Waals surface area contributed by atoms with Crippen LogP contribution in [0, 0.1) is 0 Å². The second-order valence-corrected chi connectivity index (χ2v) is 8.56. The number of unbranched alkanes of at least 4 members (excludes halogenated alkanes) is 4. The van der Waals surface area contributed by atoms with Crippen molar-refractivity contribution in [1.82, 2.24) is 5.32 Å². The maximum absolute atomic E-state index is 12.5. The monoisotopic (exact) mass is 466 g/mol. The van der Waals surface area contributed by atoms with Crippen molar-refractivity contribution < 1.29 is 19.4 Å². The molecule has 0 heterocycles. The maximum Gasteiger partial charge on any atom is 0.333 e. The van der Waals surface area contributed by atoms with Crippen molar-refractivity contribution in [1.29, 1.82) is 0 Å². The number of aliphatic carboxylic acids is 1. The molecule has 0 saturated heterocycles. The van der Waals surface area contributed by atoms with E-state index in [-0.39, 0.29) is 18.6 Å². The van der Waals surface area contributed by atoms with Gasteiger partial charge in [0.15, 0.2) is 6.10 Å². The molecule has 6 nitrogen and oxygen atoms in total. The second kappa shape index (κ2) is 14.2. The van der Waals surface area contributed by atoms with Gasteiger partial charge in [-0.15, -0.1) is 6.58 Å². The fourth-order valence-corrected chi connectivity index (χ4v) is 3.61. The number of nitrogens with one attached hydrogen (secondary N) is 1. The van der Waals surface area contributed by atoms with E-state index in [4.69, 9.17) is 4.74 Å². The highest BCUT2D eigenvalue weighted by molar-refractivity contribution is 5.92. The first-order valence-electron chi connectivity index (χ1n) is 12.1. The summed E-state index contributed by atoms with van der Waals surface area (Å²) in [6.07, 6.45) is 6.37. The van der Waals surface area contributed by atoms with Gasteiger partial charge < -0.3 is 15.2 Å². The number of carbonyl (C=O) groups excluding carboxylic acids is 1. The van der Waals surface area contributed by atoms with E-state index < -0.39 is 12.1 Å². The van der Waals surface area contributed by atoms with E-state index in [1.165, 1.54) is 19.3 Å². The van der Waals surface area contributed by atoms with Gasteiger partial charge in [0.05, 0.1) is 6.10 Å². The van der Waals surface area contributed by atoms with Gasteiger partial charge in [-0.1, -0.05) is 75.1 Å². The first kappa shape index (κ1) is 27.1. The third kappa shape index (κ3) is 8.67. The van der Waals surface area contributed by atoms with Crippen LogP contribution in [-0.4, -0.2) is 42.9 Å². The summed E-state index contributed by atoms with van der Waals surface area (Å²) in [5.41, 5.74) is 3.65. The van der Waals surface area contributed by atoms with Gasteiger partial charge in [-0.25, -0.2) is 9.59 Å². The van der Waals surface area contributed by atoms with Crippen LogP contribution in [0.1, 0.15) is 51.5 Å². The lowest BCUT2D eigenvalue weighted by molar-refractivity contribution is -0.152. The topological polar surface area (TPSA) is 78.9 Å². The van der Waals surface area contributed by atoms with Crippen molar-refractivity contribution in [3.8, 4) is 11.1 Å². The average molecular weight is 467 g/mol. The van der Waals surface area contributed by atoms with E-state index in [0.29, 0.717) is 6.54 Å². The van der Waals surface area contributed by atoms with Crippen molar-refractivity contribution in [2.24, 2.45) is 0 Å². The van der Waals surface area contributed by atoms with Crippen molar-refractivity contribution in [2.75, 3.05) is 18.5 Å². The highest BCUT2D eigenvalue weighted by Gasteiger charge is 2.20. The minimum atomic E-state index is -0.993. The Bertz CT molecular complexity index is 926. The molecule has 184 valence electrons. The molecule has 2 atom stereocenters. The summed E-state index contributed by atoms with van der Waals surface area (Å²) in [5, 5.41) is 12.4. The SMILES string of the molecule is C=CC(C)OC(Cc1ccc(-c2cccc(N(C)C(=O)NCCCCCCC)c2)cc1)C(=O)O. The van der Waals surface area contributed by atoms with Crippen LogP contribution >= 0.6 is 0 Å². The standard InChI is InChI=1S/C28H38N2O4/c1-5-7-8-9-10-18-29-28(33)30(4)25-13-11-12-24(20-25)23-16-14-22(15-17-23)19-26(27(31)32)34-21(3)6-2/h6,11-17,20-21,26H,2,5,7-10,18-19H2,1,3-4H3,(H,29,33)(H,31,32). The number of hydrogen-bond acceptors (Lipinski definition) is 3. The van der Waals surface area contributed by atoms with Crippen molar-refractivity contribution >= 4 is 17.7 Å². The fourth-order valence-electron chi connectivity index (χ4n) is 3.61. The summed E-state index contributed by atoms with van der Waals surface area (Å²) in [7, 11) is 1.77. The zero-order chi connectivity index (χ0) is 24.9. The van der Waals surface area contributed by atoms with Crippen LogP contribution in [0.2, 0.25) is 0 Å². The molecule has 2 unspecified atom stereocenters. The lowest BCUT2D eigenvalue weighted by Gasteiger charge is -2.19. The van der Waals surface area contributed by atoms with Gasteiger partial charge in [0.2, 0.25) is 0 Å². The van der Waals surface area contributed by atoms with Crippen LogP contribution < -0.4 is 10.2 Å². The largest absolute Gasteiger partial charge is 0.479 e. The molecule has 2 aromatic carbocycles. The number of urea groups is 1. The first-order valence-corrected chi connectivity index (χ1v) is 12.1. The zero-order valence-corrected chi connectivity index (χ0v) is 20.6. The lowest BCUT2D eigenvalue weighted by Crippen LogP contribution is -2.37. The van der Waals surface area contributed by atoms with Crippen molar-refractivity contribution in [2.45, 2.75) is 64.6 Å². The molecular weight excluding hydrogens is 428 g/mol. The number of ether oxygens (including phenoxy) is 1. The molecule has 2 aromatic rings. The first-order chi connectivity index (χ1) is 16.3. The molecule has 0 radical (unpaired) electrons. The van der Waals surface area contributed by atoms with E-state index in [9.17, 15) is 14.7 Å². The molecule has 0 saturated carbocycles. The number of benzene rings is 2. The molecular formula is C28H38N2O4. The van der Waals surface area contributed by atoms with Gasteiger partial charge in [-0.2, -0.15) is 0 Å². The van der Waals surface area contributed by atoms with Gasteiger partial charge in [0.25, 0.3) is 0 Å². The number of hydrogen-bond donors (Lipinski definition) is 2. The van der Waals surface area contributed by atoms with E-state index in [1.54, 1.807) is 24.9 Å². The predicted molar refractivity (Wildman–Crippen MR) is 138 cm³/mol. The molecule has 2 amide bonds. The lowest BCUT2D eigenvalue weighted by atomic mass is 10.0. The normalized spacial score (nSPS) is 12.6. The quantitative estimate of drug-likeness (QED) is 0.262. The van der Waals surface area contributed by atoms with E-state index >= 15 is 0 Å². The average Bonchev–Trinajstić information content (AvgIpc) is 2.85. The van der Waals surface area contributed by atoms with Crippen LogP contribution in [0.15, 0.2) is 61.2 Å². The Morgan fingerprint density at radius 3 is 2.44 bits per heavy atom. The second-order valence-electron chi connectivity index (χ2n) is 8.56. The molecule has 0 spiro atoms. The van der Waals surface area contributed by atoms with Crippen LogP contribution in [0.3, 0.4) is 0 Å². The Balaban J connectivity index is 1.99. The molecule has 0 aliphatic carbocycles. The maximum atomic E-state index is 12.5. The van der Waals surface area contributed by atoms with Crippen LogP contribution in [0.4, 0.5) is 10.5 Å². The number of anilines is 1. The van der Waals surface area contributed by atoms with E-state index in [0.717, 1.165) is 35.2 Å². The highest BCUT2D eigenvalue weighted by Crippen LogP contribution is 2.25. The van der Waals surface area contributed by atoms with Crippen LogP contribution in [0.5, 0.6) is 0 Å². The minimum Gasteiger partial charge on any atom is -0.479 e. The molecule has 0 aliphatic rings. The van der Waals surface area contributed by atoms with Crippen LogP contribution in [0.25, 0.3) is 11.1 Å². The molecule has 2 rings (SSSR count). The number of amides is 2. The van der Waals surface area contributed by atoms with E-state index in [1.807, 2.05) is 48.5 Å². The molecule has 6 heteroatoms. The molecule has 0 bridgehead atoms. The summed E-state index contributed by atoms with van der Waals surface area (Å²) in [4.78, 5) is 25.7. The molecule has 2 N–H and O–H groups in total. The third-order valence-corrected chi connectivity index (χ3v) is 5.79. The van der Waals surface area contributed by atoms with Crippen molar-refractivity contribution in [3.05, 3.63) is 66.7 Å². The van der Waals surface area contributed by atoms with Gasteiger partial charge in [0, 0.05) is 25.7 Å². The third-order valence-electron chi connectivity index (χ3n) is 5.79. The number of carbonyl (C=O) groups is 2. The van der Waals surface area contributed by atoms with Crippen molar-refractivity contribution in [3.63, 3.8) is 0 Å². The summed E-state index contributed by atoms with van der Waals surface area (Å²) in [6.45, 7) is 8.28. The molecule has 0 aromatic heterocycles. The Kier molecular flexibility index (Phi) is 11.3. The van der Waals surface area contributed by atoms with Gasteiger partial charge in [-0.05, 0) is 42.2 Å². The Morgan fingerprint density at radius 2 is 1.79 bits per heavy atom. The van der Waals surface area contributed by atoms with Crippen LogP contribution in [-0.2, 0) is 16.0 Å². The number of carboxylic acid groups (broad SMARTS) is 1. The van der Waals surface area contributed by atoms with Gasteiger partial charge >= 0.3 is 12.0 Å². The molecule has 34 heavy (non-hydrogen) atoms.